The summed E-state index contributed by atoms with van der Waals surface area (Å²) in [4.78, 5) is 21.6. The summed E-state index contributed by atoms with van der Waals surface area (Å²) in [6.07, 6.45) is 4.32. The summed E-state index contributed by atoms with van der Waals surface area (Å²) < 4.78 is 26.7. The molecule has 2 aliphatic heterocycles. The molecule has 2 aliphatic rings. The van der Waals surface area contributed by atoms with E-state index in [9.17, 15) is 13.2 Å². The number of aromatic nitrogens is 1. The van der Waals surface area contributed by atoms with Crippen molar-refractivity contribution in [2.75, 3.05) is 19.6 Å². The Morgan fingerprint density at radius 3 is 2.70 bits per heavy atom. The molecule has 0 bridgehead atoms. The third-order valence-corrected chi connectivity index (χ3v) is 6.94. The molecule has 9 heteroatoms. The van der Waals surface area contributed by atoms with Gasteiger partial charge in [0.15, 0.2) is 0 Å². The SMILES string of the molecule is CC(C)C1=NOC(C(=O)NCC2CCN(S(=O)(=O)c3cccnc3)CC2)C1. The van der Waals surface area contributed by atoms with E-state index in [1.54, 1.807) is 18.3 Å². The van der Waals surface area contributed by atoms with Gasteiger partial charge < -0.3 is 10.2 Å². The van der Waals surface area contributed by atoms with Gasteiger partial charge in [-0.25, -0.2) is 8.42 Å². The van der Waals surface area contributed by atoms with Crippen molar-refractivity contribution < 1.29 is 18.0 Å². The van der Waals surface area contributed by atoms with Crippen LogP contribution in [0.2, 0.25) is 0 Å². The van der Waals surface area contributed by atoms with Crippen molar-refractivity contribution in [2.24, 2.45) is 17.0 Å². The molecule has 1 fully saturated rings. The predicted molar refractivity (Wildman–Crippen MR) is 100 cm³/mol. The highest BCUT2D eigenvalue weighted by atomic mass is 32.2. The van der Waals surface area contributed by atoms with Crippen LogP contribution in [-0.2, 0) is 19.7 Å². The second-order valence-corrected chi connectivity index (χ2v) is 9.25. The van der Waals surface area contributed by atoms with Crippen molar-refractivity contribution in [3.63, 3.8) is 0 Å². The van der Waals surface area contributed by atoms with Gasteiger partial charge in [0.05, 0.1) is 5.71 Å². The number of nitrogens with one attached hydrogen (secondary N) is 1. The molecule has 148 valence electrons. The molecule has 27 heavy (non-hydrogen) atoms. The lowest BCUT2D eigenvalue weighted by Gasteiger charge is -2.31. The van der Waals surface area contributed by atoms with E-state index in [-0.39, 0.29) is 22.6 Å². The third kappa shape index (κ3) is 4.65. The second-order valence-electron chi connectivity index (χ2n) is 7.32. The van der Waals surface area contributed by atoms with Gasteiger partial charge >= 0.3 is 0 Å². The largest absolute Gasteiger partial charge is 0.382 e. The van der Waals surface area contributed by atoms with Gasteiger partial charge in [-0.1, -0.05) is 19.0 Å². The van der Waals surface area contributed by atoms with E-state index >= 15 is 0 Å². The Labute approximate surface area is 160 Å². The molecule has 1 N–H and O–H groups in total. The number of rotatable bonds is 6. The molecule has 1 saturated heterocycles. The summed E-state index contributed by atoms with van der Waals surface area (Å²) >= 11 is 0. The topological polar surface area (TPSA) is 101 Å². The lowest BCUT2D eigenvalue weighted by Crippen LogP contribution is -2.43. The van der Waals surface area contributed by atoms with Crippen molar-refractivity contribution in [2.45, 2.75) is 44.1 Å². The van der Waals surface area contributed by atoms with Crippen molar-refractivity contribution in [3.8, 4) is 0 Å². The van der Waals surface area contributed by atoms with Gasteiger partial charge in [0.2, 0.25) is 16.1 Å². The smallest absolute Gasteiger partial charge is 0.264 e. The van der Waals surface area contributed by atoms with Crippen LogP contribution in [0, 0.1) is 11.8 Å². The Morgan fingerprint density at radius 2 is 2.11 bits per heavy atom. The molecule has 0 spiro atoms. The fraction of sp³-hybridized carbons (Fsp3) is 0.611. The predicted octanol–water partition coefficient (Wildman–Crippen LogP) is 1.40. The molecular formula is C18H26N4O4S. The number of carbonyl (C=O) groups is 1. The Bertz CT molecular complexity index is 787. The van der Waals surface area contributed by atoms with Crippen LogP contribution in [0.4, 0.5) is 0 Å². The quantitative estimate of drug-likeness (QED) is 0.786. The number of hydrogen-bond acceptors (Lipinski definition) is 6. The summed E-state index contributed by atoms with van der Waals surface area (Å²) in [5.74, 6) is 0.370. The van der Waals surface area contributed by atoms with Crippen LogP contribution in [0.15, 0.2) is 34.6 Å². The van der Waals surface area contributed by atoms with Crippen molar-refractivity contribution in [3.05, 3.63) is 24.5 Å². The fourth-order valence-electron chi connectivity index (χ4n) is 3.24. The minimum Gasteiger partial charge on any atom is -0.382 e. The number of nitrogens with zero attached hydrogens (tertiary/aromatic N) is 3. The van der Waals surface area contributed by atoms with Crippen molar-refractivity contribution >= 4 is 21.6 Å². The van der Waals surface area contributed by atoms with Crippen molar-refractivity contribution in [1.29, 1.82) is 0 Å². The van der Waals surface area contributed by atoms with E-state index in [4.69, 9.17) is 4.84 Å². The van der Waals surface area contributed by atoms with Crippen LogP contribution in [0.25, 0.3) is 0 Å². The second kappa shape index (κ2) is 8.35. The zero-order chi connectivity index (χ0) is 19.4. The van der Waals surface area contributed by atoms with Crippen LogP contribution >= 0.6 is 0 Å². The van der Waals surface area contributed by atoms with Crippen LogP contribution in [-0.4, -0.2) is 55.1 Å². The standard InChI is InChI=1S/C18H26N4O4S/c1-13(2)16-10-17(26-21-16)18(23)20-11-14-5-8-22(9-6-14)27(24,25)15-4-3-7-19-12-15/h3-4,7,12-14,17H,5-6,8-11H2,1-2H3,(H,20,23). The van der Waals surface area contributed by atoms with E-state index in [1.165, 1.54) is 10.5 Å². The maximum atomic E-state index is 12.6. The van der Waals surface area contributed by atoms with Gasteiger partial charge in [0.1, 0.15) is 4.90 Å². The lowest BCUT2D eigenvalue weighted by atomic mass is 9.98. The molecule has 1 amide bonds. The lowest BCUT2D eigenvalue weighted by molar-refractivity contribution is -0.131. The minimum absolute atomic E-state index is 0.153. The van der Waals surface area contributed by atoms with Crippen LogP contribution in [0.1, 0.15) is 33.1 Å². The van der Waals surface area contributed by atoms with E-state index < -0.39 is 16.1 Å². The molecule has 3 rings (SSSR count). The zero-order valence-corrected chi connectivity index (χ0v) is 16.5. The zero-order valence-electron chi connectivity index (χ0n) is 15.7. The van der Waals surface area contributed by atoms with Crippen LogP contribution < -0.4 is 5.32 Å². The first-order valence-electron chi connectivity index (χ1n) is 9.28. The number of sulfonamides is 1. The maximum absolute atomic E-state index is 12.6. The number of piperidine rings is 1. The van der Waals surface area contributed by atoms with Gasteiger partial charge in [-0.05, 0) is 36.8 Å². The average molecular weight is 394 g/mol. The Kier molecular flexibility index (Phi) is 6.11. The highest BCUT2D eigenvalue weighted by Crippen LogP contribution is 2.23. The van der Waals surface area contributed by atoms with Crippen LogP contribution in [0.5, 0.6) is 0 Å². The molecule has 1 unspecified atom stereocenters. The molecule has 0 aliphatic carbocycles. The average Bonchev–Trinajstić information content (AvgIpc) is 3.18. The van der Waals surface area contributed by atoms with Gasteiger partial charge in [-0.3, -0.25) is 9.78 Å². The number of carbonyl (C=O) groups excluding carboxylic acids is 1. The number of pyridine rings is 1. The maximum Gasteiger partial charge on any atom is 0.264 e. The highest BCUT2D eigenvalue weighted by Gasteiger charge is 2.32. The van der Waals surface area contributed by atoms with E-state index in [0.717, 1.165) is 5.71 Å². The third-order valence-electron chi connectivity index (χ3n) is 5.06. The van der Waals surface area contributed by atoms with E-state index in [2.05, 4.69) is 15.5 Å². The first kappa shape index (κ1) is 19.8. The van der Waals surface area contributed by atoms with Gasteiger partial charge in [0, 0.05) is 38.4 Å². The molecular weight excluding hydrogens is 368 g/mol. The summed E-state index contributed by atoms with van der Waals surface area (Å²) in [7, 11) is -3.50. The van der Waals surface area contributed by atoms with E-state index in [0.29, 0.717) is 38.9 Å². The Morgan fingerprint density at radius 1 is 1.37 bits per heavy atom. The molecule has 0 aromatic carbocycles. The highest BCUT2D eigenvalue weighted by molar-refractivity contribution is 7.89. The molecule has 0 saturated carbocycles. The number of oxime groups is 1. The Hall–Kier alpha value is -2.00. The first-order valence-corrected chi connectivity index (χ1v) is 10.7. The number of amides is 1. The van der Waals surface area contributed by atoms with Gasteiger partial charge in [-0.2, -0.15) is 4.31 Å². The molecule has 1 aromatic rings. The number of hydrogen-bond donors (Lipinski definition) is 1. The fourth-order valence-corrected chi connectivity index (χ4v) is 4.67. The van der Waals surface area contributed by atoms with E-state index in [1.807, 2.05) is 13.8 Å². The molecule has 1 aromatic heterocycles. The summed E-state index contributed by atoms with van der Waals surface area (Å²) in [6.45, 7) is 5.46. The monoisotopic (exact) mass is 394 g/mol. The summed E-state index contributed by atoms with van der Waals surface area (Å²) in [5, 5.41) is 6.90. The van der Waals surface area contributed by atoms with Gasteiger partial charge in [-0.15, -0.1) is 0 Å². The molecule has 8 nitrogen and oxygen atoms in total. The summed E-state index contributed by atoms with van der Waals surface area (Å²) in [5.41, 5.74) is 0.907. The molecule has 0 radical (unpaired) electrons. The first-order chi connectivity index (χ1) is 12.9. The molecule has 3 heterocycles. The normalized spacial score (nSPS) is 21.7. The molecule has 1 atom stereocenters. The van der Waals surface area contributed by atoms with Crippen LogP contribution in [0.3, 0.4) is 0 Å². The Balaban J connectivity index is 1.44. The van der Waals surface area contributed by atoms with Crippen molar-refractivity contribution in [1.82, 2.24) is 14.6 Å². The minimum atomic E-state index is -3.50. The summed E-state index contributed by atoms with van der Waals surface area (Å²) in [6, 6.07) is 3.18. The van der Waals surface area contributed by atoms with Gasteiger partial charge in [0.25, 0.3) is 5.91 Å².